The van der Waals surface area contributed by atoms with Crippen molar-refractivity contribution in [2.45, 2.75) is 51.4 Å². The first-order valence-corrected chi connectivity index (χ1v) is 5.31. The first-order valence-electron chi connectivity index (χ1n) is 5.31. The summed E-state index contributed by atoms with van der Waals surface area (Å²) in [7, 11) is 0. The van der Waals surface area contributed by atoms with Crippen molar-refractivity contribution in [1.82, 2.24) is 0 Å². The van der Waals surface area contributed by atoms with Gasteiger partial charge < -0.3 is 4.79 Å². The van der Waals surface area contributed by atoms with Crippen molar-refractivity contribution in [3.8, 4) is 0 Å². The second kappa shape index (κ2) is 3.20. The largest absolute Gasteiger partial charge is 0.303 e. The zero-order chi connectivity index (χ0) is 8.44. The highest BCUT2D eigenvalue weighted by atomic mass is 16.1. The van der Waals surface area contributed by atoms with Crippen LogP contribution in [0.1, 0.15) is 51.4 Å². The van der Waals surface area contributed by atoms with Gasteiger partial charge in [-0.15, -0.1) is 0 Å². The molecule has 0 radical (unpaired) electrons. The lowest BCUT2D eigenvalue weighted by Gasteiger charge is -2.38. The molecule has 2 aliphatic rings. The number of carbonyl (C=O) groups excluding carboxylic acids is 1. The van der Waals surface area contributed by atoms with E-state index in [9.17, 15) is 4.79 Å². The van der Waals surface area contributed by atoms with E-state index in [0.717, 1.165) is 5.92 Å². The minimum Gasteiger partial charge on any atom is -0.303 e. The molecule has 2 rings (SSSR count). The molecule has 2 saturated carbocycles. The van der Waals surface area contributed by atoms with E-state index in [0.29, 0.717) is 0 Å². The molecule has 0 aliphatic heterocycles. The molecule has 0 aromatic carbocycles. The maximum atomic E-state index is 10.9. The number of hydrogen-bond acceptors (Lipinski definition) is 1. The zero-order valence-electron chi connectivity index (χ0n) is 7.72. The maximum Gasteiger partial charge on any atom is 0.126 e. The second-order valence-electron chi connectivity index (χ2n) is 4.69. The highest BCUT2D eigenvalue weighted by Gasteiger charge is 2.38. The van der Waals surface area contributed by atoms with E-state index in [4.69, 9.17) is 0 Å². The van der Waals surface area contributed by atoms with E-state index in [-0.39, 0.29) is 5.41 Å². The van der Waals surface area contributed by atoms with Gasteiger partial charge >= 0.3 is 0 Å². The maximum absolute atomic E-state index is 10.9. The monoisotopic (exact) mass is 166 g/mol. The molecular formula is C11H18O. The normalized spacial score (nSPS) is 28.3. The Balaban J connectivity index is 1.87. The summed E-state index contributed by atoms with van der Waals surface area (Å²) in [5.74, 6) is 0.885. The zero-order valence-corrected chi connectivity index (χ0v) is 7.72. The summed E-state index contributed by atoms with van der Waals surface area (Å²) in [6.07, 6.45) is 11.7. The summed E-state index contributed by atoms with van der Waals surface area (Å²) in [4.78, 5) is 10.9. The highest BCUT2D eigenvalue weighted by Crippen LogP contribution is 2.46. The first-order chi connectivity index (χ1) is 5.85. The number of hydrogen-bond donors (Lipinski definition) is 0. The summed E-state index contributed by atoms with van der Waals surface area (Å²) in [5, 5.41) is 0. The molecule has 0 unspecified atom stereocenters. The van der Waals surface area contributed by atoms with Gasteiger partial charge in [0.1, 0.15) is 6.29 Å². The van der Waals surface area contributed by atoms with Crippen LogP contribution < -0.4 is 0 Å². The molecule has 0 heterocycles. The van der Waals surface area contributed by atoms with E-state index in [1.165, 1.54) is 57.7 Å². The van der Waals surface area contributed by atoms with Gasteiger partial charge in [0.15, 0.2) is 0 Å². The number of rotatable bonds is 3. The Morgan fingerprint density at radius 1 is 1.17 bits per heavy atom. The molecule has 68 valence electrons. The Bertz CT molecular complexity index is 164. The van der Waals surface area contributed by atoms with E-state index in [1.807, 2.05) is 0 Å². The SMILES string of the molecule is O=CC1(CC2CCCC2)CCC1. The lowest BCUT2D eigenvalue weighted by molar-refractivity contribution is -0.121. The van der Waals surface area contributed by atoms with Gasteiger partial charge in [-0.1, -0.05) is 32.1 Å². The van der Waals surface area contributed by atoms with Crippen LogP contribution in [0.5, 0.6) is 0 Å². The fraction of sp³-hybridized carbons (Fsp3) is 0.909. The summed E-state index contributed by atoms with van der Waals surface area (Å²) >= 11 is 0. The van der Waals surface area contributed by atoms with Gasteiger partial charge in [-0.3, -0.25) is 0 Å². The van der Waals surface area contributed by atoms with Crippen LogP contribution in [-0.4, -0.2) is 6.29 Å². The predicted octanol–water partition coefficient (Wildman–Crippen LogP) is 2.94. The minimum atomic E-state index is 0.148. The van der Waals surface area contributed by atoms with E-state index in [1.54, 1.807) is 0 Å². The molecule has 0 spiro atoms. The van der Waals surface area contributed by atoms with Gasteiger partial charge in [0.05, 0.1) is 0 Å². The van der Waals surface area contributed by atoms with Crippen molar-refractivity contribution in [3.63, 3.8) is 0 Å². The molecule has 0 N–H and O–H groups in total. The third-order valence-electron chi connectivity index (χ3n) is 3.77. The quantitative estimate of drug-likeness (QED) is 0.589. The lowest BCUT2D eigenvalue weighted by Crippen LogP contribution is -2.32. The Kier molecular flexibility index (Phi) is 2.20. The minimum absolute atomic E-state index is 0.148. The van der Waals surface area contributed by atoms with Gasteiger partial charge in [-0.25, -0.2) is 0 Å². The fourth-order valence-electron chi connectivity index (χ4n) is 2.79. The lowest BCUT2D eigenvalue weighted by atomic mass is 9.65. The van der Waals surface area contributed by atoms with E-state index < -0.39 is 0 Å². The number of aldehydes is 1. The van der Waals surface area contributed by atoms with Gasteiger partial charge in [0, 0.05) is 5.41 Å². The summed E-state index contributed by atoms with van der Waals surface area (Å²) in [6.45, 7) is 0. The fourth-order valence-corrected chi connectivity index (χ4v) is 2.79. The summed E-state index contributed by atoms with van der Waals surface area (Å²) < 4.78 is 0. The molecule has 0 bridgehead atoms. The molecule has 0 atom stereocenters. The second-order valence-corrected chi connectivity index (χ2v) is 4.69. The molecule has 0 amide bonds. The topological polar surface area (TPSA) is 17.1 Å². The standard InChI is InChI=1S/C11H18O/c12-9-11(6-3-7-11)8-10-4-1-2-5-10/h9-10H,1-8H2. The molecule has 2 fully saturated rings. The third-order valence-corrected chi connectivity index (χ3v) is 3.77. The van der Waals surface area contributed by atoms with E-state index >= 15 is 0 Å². The molecule has 0 aromatic heterocycles. The molecule has 0 aromatic rings. The van der Waals surface area contributed by atoms with Gasteiger partial charge in [-0.2, -0.15) is 0 Å². The van der Waals surface area contributed by atoms with Crippen molar-refractivity contribution in [2.75, 3.05) is 0 Å². The van der Waals surface area contributed by atoms with Crippen LogP contribution in [0.2, 0.25) is 0 Å². The van der Waals surface area contributed by atoms with Crippen molar-refractivity contribution < 1.29 is 4.79 Å². The van der Waals surface area contributed by atoms with Gasteiger partial charge in [0.2, 0.25) is 0 Å². The molecular weight excluding hydrogens is 148 g/mol. The highest BCUT2D eigenvalue weighted by molar-refractivity contribution is 5.60. The Morgan fingerprint density at radius 2 is 1.83 bits per heavy atom. The molecule has 2 aliphatic carbocycles. The third kappa shape index (κ3) is 1.41. The van der Waals surface area contributed by atoms with Crippen LogP contribution in [0.15, 0.2) is 0 Å². The summed E-state index contributed by atoms with van der Waals surface area (Å²) in [5.41, 5.74) is 0.148. The van der Waals surface area contributed by atoms with Crippen LogP contribution in [0.4, 0.5) is 0 Å². The predicted molar refractivity (Wildman–Crippen MR) is 48.9 cm³/mol. The van der Waals surface area contributed by atoms with E-state index in [2.05, 4.69) is 0 Å². The van der Waals surface area contributed by atoms with Crippen molar-refractivity contribution in [3.05, 3.63) is 0 Å². The molecule has 1 heteroatoms. The average molecular weight is 166 g/mol. The average Bonchev–Trinajstić information content (AvgIpc) is 2.49. The van der Waals surface area contributed by atoms with Crippen LogP contribution in [-0.2, 0) is 4.79 Å². The molecule has 1 nitrogen and oxygen atoms in total. The Morgan fingerprint density at radius 3 is 2.25 bits per heavy atom. The first kappa shape index (κ1) is 8.28. The summed E-state index contributed by atoms with van der Waals surface area (Å²) in [6, 6.07) is 0. The molecule has 12 heavy (non-hydrogen) atoms. The van der Waals surface area contributed by atoms with Crippen LogP contribution in [0, 0.1) is 11.3 Å². The van der Waals surface area contributed by atoms with Crippen molar-refractivity contribution in [1.29, 1.82) is 0 Å². The smallest absolute Gasteiger partial charge is 0.126 e. The van der Waals surface area contributed by atoms with Crippen LogP contribution in [0.25, 0.3) is 0 Å². The Hall–Kier alpha value is -0.330. The number of carbonyl (C=O) groups is 1. The Labute approximate surface area is 74.5 Å². The van der Waals surface area contributed by atoms with Crippen LogP contribution >= 0.6 is 0 Å². The van der Waals surface area contributed by atoms with Crippen LogP contribution in [0.3, 0.4) is 0 Å². The molecule has 0 saturated heterocycles. The van der Waals surface area contributed by atoms with Crippen molar-refractivity contribution >= 4 is 6.29 Å². The van der Waals surface area contributed by atoms with Gasteiger partial charge in [-0.05, 0) is 25.2 Å². The van der Waals surface area contributed by atoms with Crippen molar-refractivity contribution in [2.24, 2.45) is 11.3 Å². The van der Waals surface area contributed by atoms with Gasteiger partial charge in [0.25, 0.3) is 0 Å².